The minimum absolute atomic E-state index is 0.0796. The van der Waals surface area contributed by atoms with E-state index in [1.807, 2.05) is 13.8 Å². The van der Waals surface area contributed by atoms with Crippen molar-refractivity contribution in [3.05, 3.63) is 0 Å². The third kappa shape index (κ3) is 3.87. The molecule has 1 amide bonds. The van der Waals surface area contributed by atoms with Gasteiger partial charge in [-0.3, -0.25) is 14.9 Å². The van der Waals surface area contributed by atoms with Crippen LogP contribution in [-0.2, 0) is 14.3 Å². The highest BCUT2D eigenvalue weighted by atomic mass is 16.5. The van der Waals surface area contributed by atoms with Crippen LogP contribution in [0.3, 0.4) is 0 Å². The zero-order chi connectivity index (χ0) is 11.3. The Labute approximate surface area is 89.6 Å². The largest absolute Gasteiger partial charge is 0.464 e. The maximum atomic E-state index is 11.4. The fourth-order valence-corrected chi connectivity index (χ4v) is 1.33. The molecule has 1 saturated heterocycles. The highest BCUT2D eigenvalue weighted by molar-refractivity contribution is 5.81. The Balaban J connectivity index is 2.19. The van der Waals surface area contributed by atoms with E-state index >= 15 is 0 Å². The van der Waals surface area contributed by atoms with Gasteiger partial charge in [0.25, 0.3) is 0 Å². The quantitative estimate of drug-likeness (QED) is 0.622. The van der Waals surface area contributed by atoms with E-state index in [4.69, 9.17) is 4.74 Å². The first-order chi connectivity index (χ1) is 7.13. The van der Waals surface area contributed by atoms with Gasteiger partial charge in [0.15, 0.2) is 0 Å². The van der Waals surface area contributed by atoms with Gasteiger partial charge >= 0.3 is 5.97 Å². The average molecular weight is 214 g/mol. The van der Waals surface area contributed by atoms with Crippen molar-refractivity contribution in [1.82, 2.24) is 10.6 Å². The second kappa shape index (κ2) is 5.70. The molecule has 2 unspecified atom stereocenters. The molecule has 0 spiro atoms. The third-order valence-corrected chi connectivity index (χ3v) is 2.46. The number of nitrogens with one attached hydrogen (secondary N) is 2. The first-order valence-electron chi connectivity index (χ1n) is 5.33. The number of carbonyl (C=O) groups is 2. The Morgan fingerprint density at radius 1 is 1.67 bits per heavy atom. The van der Waals surface area contributed by atoms with Crippen LogP contribution in [0.4, 0.5) is 0 Å². The van der Waals surface area contributed by atoms with E-state index in [9.17, 15) is 9.59 Å². The minimum Gasteiger partial charge on any atom is -0.464 e. The normalized spacial score (nSPS) is 22.3. The van der Waals surface area contributed by atoms with Crippen LogP contribution in [-0.4, -0.2) is 37.1 Å². The molecule has 0 aromatic carbocycles. The van der Waals surface area contributed by atoms with Gasteiger partial charge in [-0.15, -0.1) is 0 Å². The van der Waals surface area contributed by atoms with Gasteiger partial charge < -0.3 is 10.1 Å². The van der Waals surface area contributed by atoms with Crippen molar-refractivity contribution in [3.8, 4) is 0 Å². The summed E-state index contributed by atoms with van der Waals surface area (Å²) in [7, 11) is 0. The van der Waals surface area contributed by atoms with E-state index in [2.05, 4.69) is 10.6 Å². The molecule has 86 valence electrons. The average Bonchev–Trinajstić information content (AvgIpc) is 2.61. The van der Waals surface area contributed by atoms with Crippen molar-refractivity contribution >= 4 is 11.9 Å². The Bertz CT molecular complexity index is 243. The molecule has 0 bridgehead atoms. The number of esters is 1. The summed E-state index contributed by atoms with van der Waals surface area (Å²) in [6, 6.07) is -0.137. The molecule has 0 aromatic rings. The van der Waals surface area contributed by atoms with Gasteiger partial charge in [0.1, 0.15) is 6.04 Å². The van der Waals surface area contributed by atoms with E-state index in [0.717, 1.165) is 6.42 Å². The van der Waals surface area contributed by atoms with E-state index in [-0.39, 0.29) is 30.5 Å². The smallest absolute Gasteiger partial charge is 0.323 e. The summed E-state index contributed by atoms with van der Waals surface area (Å²) in [4.78, 5) is 22.4. The summed E-state index contributed by atoms with van der Waals surface area (Å²) in [6.07, 6.45) is 1.55. The molecule has 0 aromatic heterocycles. The highest BCUT2D eigenvalue weighted by Crippen LogP contribution is 2.04. The topological polar surface area (TPSA) is 67.4 Å². The van der Waals surface area contributed by atoms with Gasteiger partial charge in [-0.25, -0.2) is 0 Å². The van der Waals surface area contributed by atoms with Crippen LogP contribution >= 0.6 is 0 Å². The van der Waals surface area contributed by atoms with Crippen LogP contribution in [0, 0.1) is 0 Å². The maximum Gasteiger partial charge on any atom is 0.323 e. The number of amides is 1. The summed E-state index contributed by atoms with van der Waals surface area (Å²) < 4.78 is 4.77. The number of rotatable bonds is 5. The monoisotopic (exact) mass is 214 g/mol. The Morgan fingerprint density at radius 3 is 2.93 bits per heavy atom. The fourth-order valence-electron chi connectivity index (χ4n) is 1.33. The van der Waals surface area contributed by atoms with Crippen molar-refractivity contribution in [3.63, 3.8) is 0 Å². The SMILES string of the molecule is CCC(C)NC(=O)CNC1CCOC1=O. The predicted octanol–water partition coefficient (Wildman–Crippen LogP) is -0.194. The van der Waals surface area contributed by atoms with E-state index in [1.165, 1.54) is 0 Å². The number of cyclic esters (lactones) is 1. The van der Waals surface area contributed by atoms with Crippen LogP contribution in [0.2, 0.25) is 0 Å². The van der Waals surface area contributed by atoms with Crippen LogP contribution in [0.25, 0.3) is 0 Å². The summed E-state index contributed by atoms with van der Waals surface area (Å²) >= 11 is 0. The molecule has 5 nitrogen and oxygen atoms in total. The van der Waals surface area contributed by atoms with Gasteiger partial charge in [0, 0.05) is 12.5 Å². The summed E-state index contributed by atoms with van der Waals surface area (Å²) in [5.74, 6) is -0.338. The zero-order valence-corrected chi connectivity index (χ0v) is 9.21. The predicted molar refractivity (Wildman–Crippen MR) is 55.3 cm³/mol. The molecule has 0 radical (unpaired) electrons. The third-order valence-electron chi connectivity index (χ3n) is 2.46. The lowest BCUT2D eigenvalue weighted by molar-refractivity contribution is -0.139. The van der Waals surface area contributed by atoms with Gasteiger partial charge in [-0.1, -0.05) is 6.92 Å². The molecule has 1 aliphatic rings. The van der Waals surface area contributed by atoms with Gasteiger partial charge in [0.2, 0.25) is 5.91 Å². The minimum atomic E-state index is -0.312. The van der Waals surface area contributed by atoms with Crippen LogP contribution < -0.4 is 10.6 Å². The van der Waals surface area contributed by atoms with Crippen LogP contribution in [0.1, 0.15) is 26.7 Å². The van der Waals surface area contributed by atoms with Gasteiger partial charge in [0.05, 0.1) is 13.2 Å². The highest BCUT2D eigenvalue weighted by Gasteiger charge is 2.26. The fraction of sp³-hybridized carbons (Fsp3) is 0.800. The number of ether oxygens (including phenoxy) is 1. The maximum absolute atomic E-state index is 11.4. The van der Waals surface area contributed by atoms with Crippen molar-refractivity contribution in [2.75, 3.05) is 13.2 Å². The van der Waals surface area contributed by atoms with Crippen LogP contribution in [0.15, 0.2) is 0 Å². The van der Waals surface area contributed by atoms with Crippen molar-refractivity contribution < 1.29 is 14.3 Å². The standard InChI is InChI=1S/C10H18N2O3/c1-3-7(2)12-9(13)6-11-8-4-5-15-10(8)14/h7-8,11H,3-6H2,1-2H3,(H,12,13). The summed E-state index contributed by atoms with van der Waals surface area (Å²) in [5.41, 5.74) is 0. The summed E-state index contributed by atoms with van der Waals surface area (Å²) in [6.45, 7) is 4.57. The lowest BCUT2D eigenvalue weighted by Crippen LogP contribution is -2.43. The number of carbonyl (C=O) groups excluding carboxylic acids is 2. The number of hydrogen-bond donors (Lipinski definition) is 2. The molecule has 1 heterocycles. The molecule has 0 aliphatic carbocycles. The molecular formula is C10H18N2O3. The lowest BCUT2D eigenvalue weighted by atomic mass is 10.2. The molecule has 15 heavy (non-hydrogen) atoms. The first kappa shape index (κ1) is 12.0. The second-order valence-electron chi connectivity index (χ2n) is 3.77. The molecule has 5 heteroatoms. The molecule has 0 saturated carbocycles. The van der Waals surface area contributed by atoms with Crippen molar-refractivity contribution in [1.29, 1.82) is 0 Å². The molecule has 2 N–H and O–H groups in total. The van der Waals surface area contributed by atoms with Gasteiger partial charge in [-0.2, -0.15) is 0 Å². The Kier molecular flexibility index (Phi) is 4.55. The Hall–Kier alpha value is -1.10. The first-order valence-corrected chi connectivity index (χ1v) is 5.33. The molecular weight excluding hydrogens is 196 g/mol. The van der Waals surface area contributed by atoms with Crippen molar-refractivity contribution in [2.24, 2.45) is 0 Å². The lowest BCUT2D eigenvalue weighted by Gasteiger charge is -2.13. The number of hydrogen-bond acceptors (Lipinski definition) is 4. The summed E-state index contributed by atoms with van der Waals surface area (Å²) in [5, 5.41) is 5.69. The van der Waals surface area contributed by atoms with E-state index in [0.29, 0.717) is 13.0 Å². The molecule has 1 rings (SSSR count). The zero-order valence-electron chi connectivity index (χ0n) is 9.21. The second-order valence-corrected chi connectivity index (χ2v) is 3.77. The van der Waals surface area contributed by atoms with Gasteiger partial charge in [-0.05, 0) is 13.3 Å². The molecule has 1 aliphatic heterocycles. The van der Waals surface area contributed by atoms with Crippen LogP contribution in [0.5, 0.6) is 0 Å². The van der Waals surface area contributed by atoms with E-state index < -0.39 is 0 Å². The Morgan fingerprint density at radius 2 is 2.40 bits per heavy atom. The van der Waals surface area contributed by atoms with E-state index in [1.54, 1.807) is 0 Å². The van der Waals surface area contributed by atoms with Crippen molar-refractivity contribution in [2.45, 2.75) is 38.8 Å². The molecule has 2 atom stereocenters. The molecule has 1 fully saturated rings.